The molecule has 0 aromatic heterocycles. The van der Waals surface area contributed by atoms with E-state index < -0.39 is 0 Å². The molecule has 1 aromatic rings. The average Bonchev–Trinajstić information content (AvgIpc) is 1.88. The third-order valence-electron chi connectivity index (χ3n) is 1.24. The summed E-state index contributed by atoms with van der Waals surface area (Å²) in [6, 6.07) is 9.60. The normalized spacial score (nSPS) is 9.20. The highest BCUT2D eigenvalue weighted by atomic mass is 16.3. The van der Waals surface area contributed by atoms with Crippen LogP contribution < -0.4 is 0 Å². The Morgan fingerprint density at radius 3 is 2.40 bits per heavy atom. The van der Waals surface area contributed by atoms with Gasteiger partial charge in [-0.1, -0.05) is 36.9 Å². The molecule has 0 atom stereocenters. The summed E-state index contributed by atoms with van der Waals surface area (Å²) in [6.45, 7) is 3.29. The van der Waals surface area contributed by atoms with Gasteiger partial charge in [0.05, 0.1) is 0 Å². The van der Waals surface area contributed by atoms with Crippen molar-refractivity contribution in [2.75, 3.05) is 0 Å². The van der Waals surface area contributed by atoms with Crippen LogP contribution in [-0.4, -0.2) is 0 Å². The van der Waals surface area contributed by atoms with Crippen molar-refractivity contribution in [3.63, 3.8) is 0 Å². The summed E-state index contributed by atoms with van der Waals surface area (Å²) in [7, 11) is 0. The van der Waals surface area contributed by atoms with Gasteiger partial charge in [-0.25, -0.2) is 0 Å². The summed E-state index contributed by atoms with van der Waals surface area (Å²) in [5, 5.41) is 10.5. The summed E-state index contributed by atoms with van der Waals surface area (Å²) in [6.07, 6.45) is 0.445. The highest BCUT2D eigenvalue weighted by molar-refractivity contribution is 5.18. The van der Waals surface area contributed by atoms with Crippen molar-refractivity contribution in [2.45, 2.75) is 6.42 Å². The molecule has 0 spiro atoms. The number of rotatable bonds is 2. The fourth-order valence-corrected chi connectivity index (χ4v) is 0.824. The van der Waals surface area contributed by atoms with E-state index in [2.05, 4.69) is 6.58 Å². The highest BCUT2D eigenvalue weighted by Crippen LogP contribution is 2.03. The van der Waals surface area contributed by atoms with Crippen molar-refractivity contribution in [1.82, 2.24) is 0 Å². The molecule has 1 aromatic carbocycles. The Morgan fingerprint density at radius 2 is 1.90 bits per heavy atom. The molecule has 0 bridgehead atoms. The predicted molar refractivity (Wildman–Crippen MR) is 40.0 cm³/mol. The van der Waals surface area contributed by atoms with Crippen LogP contribution >= 0.6 is 0 Å². The van der Waals surface area contributed by atoms with Gasteiger partial charge in [-0.15, -0.1) is 0 Å². The number of benzene rings is 1. The van der Waals surface area contributed by atoms with Gasteiger partial charge in [-0.3, -0.25) is 5.11 Å². The lowest BCUT2D eigenvalue weighted by Crippen LogP contribution is -1.84. The fraction of sp³-hybridized carbons (Fsp3) is 0.111. The van der Waals surface area contributed by atoms with E-state index in [0.717, 1.165) is 5.56 Å². The molecule has 0 saturated heterocycles. The Hall–Kier alpha value is -1.24. The average molecular weight is 133 g/mol. The lowest BCUT2D eigenvalue weighted by atomic mass is 10.1. The molecule has 0 fully saturated rings. The molecule has 0 aliphatic carbocycles. The van der Waals surface area contributed by atoms with Gasteiger partial charge < -0.3 is 0 Å². The van der Waals surface area contributed by atoms with Gasteiger partial charge in [-0.2, -0.15) is 0 Å². The lowest BCUT2D eigenvalue weighted by molar-refractivity contribution is 0.291. The highest BCUT2D eigenvalue weighted by Gasteiger charge is 1.93. The zero-order chi connectivity index (χ0) is 7.40. The quantitative estimate of drug-likeness (QED) is 0.551. The van der Waals surface area contributed by atoms with Crippen LogP contribution in [0.25, 0.3) is 0 Å². The van der Waals surface area contributed by atoms with Gasteiger partial charge in [0.15, 0.2) is 5.76 Å². The van der Waals surface area contributed by atoms with Crippen molar-refractivity contribution >= 4 is 0 Å². The molecule has 0 amide bonds. The second-order valence-corrected chi connectivity index (χ2v) is 2.20. The fourth-order valence-electron chi connectivity index (χ4n) is 0.824. The zero-order valence-corrected chi connectivity index (χ0v) is 5.71. The maximum atomic E-state index is 10.5. The van der Waals surface area contributed by atoms with Crippen LogP contribution in [-0.2, 0) is 11.5 Å². The molecular formula is C9H9O. The van der Waals surface area contributed by atoms with Gasteiger partial charge in [0.2, 0.25) is 0 Å². The first-order valence-electron chi connectivity index (χ1n) is 3.18. The molecule has 0 aliphatic heterocycles. The predicted octanol–water partition coefficient (Wildman–Crippen LogP) is 2.17. The molecule has 0 heterocycles. The minimum Gasteiger partial charge on any atom is -0.295 e. The topological polar surface area (TPSA) is 19.9 Å². The number of allylic oxidation sites excluding steroid dienone is 1. The Balaban J connectivity index is 2.67. The molecule has 51 valence electrons. The minimum atomic E-state index is -0.0359. The van der Waals surface area contributed by atoms with Crippen molar-refractivity contribution in [3.05, 3.63) is 48.2 Å². The Morgan fingerprint density at radius 1 is 1.30 bits per heavy atom. The van der Waals surface area contributed by atoms with Crippen LogP contribution in [0.1, 0.15) is 5.56 Å². The first-order valence-corrected chi connectivity index (χ1v) is 3.18. The summed E-state index contributed by atoms with van der Waals surface area (Å²) in [5.74, 6) is -0.0359. The second-order valence-electron chi connectivity index (χ2n) is 2.20. The van der Waals surface area contributed by atoms with E-state index in [1.165, 1.54) is 0 Å². The molecule has 0 saturated carbocycles. The van der Waals surface area contributed by atoms with Gasteiger partial charge in [0.1, 0.15) is 0 Å². The van der Waals surface area contributed by atoms with Gasteiger partial charge in [0.25, 0.3) is 0 Å². The first-order chi connectivity index (χ1) is 4.79. The Labute approximate surface area is 60.6 Å². The first kappa shape index (κ1) is 6.87. The summed E-state index contributed by atoms with van der Waals surface area (Å²) in [4.78, 5) is 0. The van der Waals surface area contributed by atoms with Crippen LogP contribution in [0, 0.1) is 0 Å². The van der Waals surface area contributed by atoms with Crippen molar-refractivity contribution in [1.29, 1.82) is 0 Å². The van der Waals surface area contributed by atoms with Crippen molar-refractivity contribution in [3.8, 4) is 0 Å². The van der Waals surface area contributed by atoms with Gasteiger partial charge in [-0.05, 0) is 5.56 Å². The third kappa shape index (κ3) is 1.94. The smallest absolute Gasteiger partial charge is 0.152 e. The van der Waals surface area contributed by atoms with E-state index in [1.807, 2.05) is 30.3 Å². The number of hydrogen-bond acceptors (Lipinski definition) is 0. The van der Waals surface area contributed by atoms with Crippen LogP contribution in [0.15, 0.2) is 42.7 Å². The van der Waals surface area contributed by atoms with E-state index in [4.69, 9.17) is 0 Å². The maximum absolute atomic E-state index is 10.5. The van der Waals surface area contributed by atoms with Crippen LogP contribution in [0.3, 0.4) is 0 Å². The Bertz CT molecular complexity index is 213. The molecule has 0 unspecified atom stereocenters. The van der Waals surface area contributed by atoms with E-state index in [1.54, 1.807) is 0 Å². The van der Waals surface area contributed by atoms with E-state index >= 15 is 0 Å². The molecule has 1 heteroatoms. The summed E-state index contributed by atoms with van der Waals surface area (Å²) < 4.78 is 0. The lowest BCUT2D eigenvalue weighted by Gasteiger charge is -1.93. The molecule has 10 heavy (non-hydrogen) atoms. The second kappa shape index (κ2) is 3.06. The summed E-state index contributed by atoms with van der Waals surface area (Å²) in [5.41, 5.74) is 1.03. The van der Waals surface area contributed by atoms with E-state index in [9.17, 15) is 5.11 Å². The molecule has 1 nitrogen and oxygen atoms in total. The molecule has 0 N–H and O–H groups in total. The van der Waals surface area contributed by atoms with Gasteiger partial charge in [0, 0.05) is 6.42 Å². The van der Waals surface area contributed by atoms with Crippen molar-refractivity contribution in [2.24, 2.45) is 0 Å². The van der Waals surface area contributed by atoms with Crippen LogP contribution in [0.5, 0.6) is 0 Å². The minimum absolute atomic E-state index is 0.0359. The van der Waals surface area contributed by atoms with Crippen LogP contribution in [0.2, 0.25) is 0 Å². The summed E-state index contributed by atoms with van der Waals surface area (Å²) >= 11 is 0. The van der Waals surface area contributed by atoms with Crippen LogP contribution in [0.4, 0.5) is 0 Å². The molecular weight excluding hydrogens is 124 g/mol. The number of hydrogen-bond donors (Lipinski definition) is 0. The molecule has 0 aliphatic rings. The molecule has 1 radical (unpaired) electrons. The zero-order valence-electron chi connectivity index (χ0n) is 5.71. The van der Waals surface area contributed by atoms with E-state index in [0.29, 0.717) is 6.42 Å². The SMILES string of the molecule is C=C([O])Cc1ccccc1. The van der Waals surface area contributed by atoms with Crippen molar-refractivity contribution < 1.29 is 5.11 Å². The van der Waals surface area contributed by atoms with E-state index in [-0.39, 0.29) is 5.76 Å². The maximum Gasteiger partial charge on any atom is 0.152 e. The monoisotopic (exact) mass is 133 g/mol. The Kier molecular flexibility index (Phi) is 2.11. The van der Waals surface area contributed by atoms with Gasteiger partial charge >= 0.3 is 0 Å². The standard InChI is InChI=1S/C9H9O/c1-8(10)7-9-5-3-2-4-6-9/h2-6H,1,7H2. The molecule has 1 rings (SSSR count). The third-order valence-corrected chi connectivity index (χ3v) is 1.24. The largest absolute Gasteiger partial charge is 0.295 e.